The van der Waals surface area contributed by atoms with Gasteiger partial charge in [0.25, 0.3) is 0 Å². The summed E-state index contributed by atoms with van der Waals surface area (Å²) in [5.41, 5.74) is 0. The summed E-state index contributed by atoms with van der Waals surface area (Å²) >= 11 is 7.50. The monoisotopic (exact) mass is 332 g/mol. The highest BCUT2D eigenvalue weighted by atomic mass is 35.5. The number of benzene rings is 1. The molecule has 1 atom stereocenters. The Morgan fingerprint density at radius 1 is 1.27 bits per heavy atom. The fourth-order valence-corrected chi connectivity index (χ4v) is 4.14. The van der Waals surface area contributed by atoms with Crippen molar-refractivity contribution >= 4 is 44.7 Å². The van der Waals surface area contributed by atoms with Crippen LogP contribution in [-0.2, 0) is 4.79 Å². The van der Waals surface area contributed by atoms with Crippen LogP contribution in [0.4, 0.5) is 0 Å². The molecular weight excluding hydrogens is 320 g/mol. The molecule has 1 saturated heterocycles. The van der Waals surface area contributed by atoms with E-state index in [-0.39, 0.29) is 0 Å². The van der Waals surface area contributed by atoms with Crippen LogP contribution in [0.25, 0.3) is 10.1 Å². The van der Waals surface area contributed by atoms with Crippen molar-refractivity contribution in [2.24, 2.45) is 5.92 Å². The number of rotatable bonds is 3. The van der Waals surface area contributed by atoms with Gasteiger partial charge in [-0.2, -0.15) is 5.26 Å². The van der Waals surface area contributed by atoms with Gasteiger partial charge in [0, 0.05) is 23.2 Å². The average molecular weight is 333 g/mol. The second kappa shape index (κ2) is 6.07. The lowest BCUT2D eigenvalue weighted by atomic mass is 10.0. The van der Waals surface area contributed by atoms with Gasteiger partial charge in [0.05, 0.1) is 16.0 Å². The summed E-state index contributed by atoms with van der Waals surface area (Å²) < 4.78 is 0.876. The summed E-state index contributed by atoms with van der Waals surface area (Å²) in [7, 11) is 0. The molecule has 1 aliphatic heterocycles. The summed E-state index contributed by atoms with van der Waals surface area (Å²) in [4.78, 5) is 26.9. The molecule has 0 aliphatic carbocycles. The number of amides is 1. The largest absolute Gasteiger partial charge is 0.341 e. The van der Waals surface area contributed by atoms with Crippen molar-refractivity contribution in [1.29, 1.82) is 5.26 Å². The predicted molar refractivity (Wildman–Crippen MR) is 86.1 cm³/mol. The number of likely N-dealkylation sites (tertiary alicyclic amines) is 1. The van der Waals surface area contributed by atoms with Crippen LogP contribution in [-0.4, -0.2) is 29.7 Å². The van der Waals surface area contributed by atoms with Gasteiger partial charge in [-0.1, -0.05) is 29.8 Å². The second-order valence-electron chi connectivity index (χ2n) is 5.20. The number of Topliss-reactive ketones (excluding diaryl/α,β-unsaturated/α-hetero) is 1. The van der Waals surface area contributed by atoms with E-state index in [0.29, 0.717) is 23.0 Å². The molecule has 1 aliphatic rings. The van der Waals surface area contributed by atoms with Crippen LogP contribution in [0.2, 0.25) is 5.02 Å². The Morgan fingerprint density at radius 3 is 2.59 bits per heavy atom. The third kappa shape index (κ3) is 2.49. The van der Waals surface area contributed by atoms with E-state index >= 15 is 0 Å². The molecule has 2 aromatic rings. The predicted octanol–water partition coefficient (Wildman–Crippen LogP) is 3.50. The van der Waals surface area contributed by atoms with Crippen molar-refractivity contribution in [1.82, 2.24) is 4.90 Å². The number of carbonyl (C=O) groups excluding carboxylic acids is 2. The minimum absolute atomic E-state index is 0.293. The minimum Gasteiger partial charge on any atom is -0.341 e. The smallest absolute Gasteiger partial charge is 0.247 e. The zero-order valence-corrected chi connectivity index (χ0v) is 13.3. The molecule has 1 fully saturated rings. The van der Waals surface area contributed by atoms with Crippen LogP contribution in [0, 0.1) is 17.2 Å². The van der Waals surface area contributed by atoms with Crippen molar-refractivity contribution < 1.29 is 9.59 Å². The van der Waals surface area contributed by atoms with E-state index in [0.717, 1.165) is 22.9 Å². The summed E-state index contributed by atoms with van der Waals surface area (Å²) in [6.45, 7) is 1.23. The first-order valence-corrected chi connectivity index (χ1v) is 8.22. The Labute approximate surface area is 136 Å². The van der Waals surface area contributed by atoms with Gasteiger partial charge in [0.2, 0.25) is 11.7 Å². The van der Waals surface area contributed by atoms with Gasteiger partial charge in [0.15, 0.2) is 5.92 Å². The van der Waals surface area contributed by atoms with E-state index in [2.05, 4.69) is 0 Å². The van der Waals surface area contributed by atoms with Crippen molar-refractivity contribution in [3.8, 4) is 6.07 Å². The quantitative estimate of drug-likeness (QED) is 0.638. The molecule has 112 valence electrons. The Balaban J connectivity index is 1.95. The molecule has 6 heteroatoms. The molecule has 0 radical (unpaired) electrons. The second-order valence-corrected chi connectivity index (χ2v) is 6.63. The lowest BCUT2D eigenvalue weighted by Gasteiger charge is -2.17. The van der Waals surface area contributed by atoms with Crippen molar-refractivity contribution in [3.05, 3.63) is 34.2 Å². The molecule has 3 rings (SSSR count). The number of carbonyl (C=O) groups is 2. The van der Waals surface area contributed by atoms with Gasteiger partial charge in [-0.05, 0) is 18.9 Å². The van der Waals surface area contributed by atoms with Gasteiger partial charge in [-0.25, -0.2) is 0 Å². The molecular formula is C16H13ClN2O2S. The molecule has 1 aromatic carbocycles. The summed E-state index contributed by atoms with van der Waals surface area (Å²) in [6.07, 6.45) is 1.84. The van der Waals surface area contributed by atoms with E-state index in [1.165, 1.54) is 11.3 Å². The van der Waals surface area contributed by atoms with Gasteiger partial charge in [0.1, 0.15) is 0 Å². The number of thiophene rings is 1. The summed E-state index contributed by atoms with van der Waals surface area (Å²) in [5, 5.41) is 10.4. The van der Waals surface area contributed by atoms with E-state index in [9.17, 15) is 14.9 Å². The zero-order valence-electron chi connectivity index (χ0n) is 11.7. The summed E-state index contributed by atoms with van der Waals surface area (Å²) in [5.74, 6) is -2.20. The van der Waals surface area contributed by atoms with Crippen molar-refractivity contribution in [3.63, 3.8) is 0 Å². The molecule has 0 saturated carbocycles. The third-order valence-electron chi connectivity index (χ3n) is 3.81. The fourth-order valence-electron chi connectivity index (χ4n) is 2.65. The molecule has 1 aromatic heterocycles. The van der Waals surface area contributed by atoms with E-state index in [1.54, 1.807) is 4.90 Å². The lowest BCUT2D eigenvalue weighted by molar-refractivity contribution is -0.131. The fraction of sp³-hybridized carbons (Fsp3) is 0.312. The van der Waals surface area contributed by atoms with Crippen molar-refractivity contribution in [2.45, 2.75) is 12.8 Å². The number of halogens is 1. The van der Waals surface area contributed by atoms with Crippen LogP contribution in [0.5, 0.6) is 0 Å². The van der Waals surface area contributed by atoms with Crippen LogP contribution < -0.4 is 0 Å². The Morgan fingerprint density at radius 2 is 1.95 bits per heavy atom. The number of nitriles is 1. The molecule has 1 amide bonds. The van der Waals surface area contributed by atoms with Gasteiger partial charge < -0.3 is 4.90 Å². The number of hydrogen-bond acceptors (Lipinski definition) is 4. The van der Waals surface area contributed by atoms with E-state index < -0.39 is 17.6 Å². The van der Waals surface area contributed by atoms with E-state index in [4.69, 9.17) is 11.6 Å². The van der Waals surface area contributed by atoms with Crippen LogP contribution in [0.1, 0.15) is 22.5 Å². The normalized spacial score (nSPS) is 15.7. The van der Waals surface area contributed by atoms with Crippen LogP contribution in [0.15, 0.2) is 24.3 Å². The Hall–Kier alpha value is -1.90. The maximum absolute atomic E-state index is 12.6. The highest BCUT2D eigenvalue weighted by molar-refractivity contribution is 7.21. The molecule has 0 unspecified atom stereocenters. The lowest BCUT2D eigenvalue weighted by Crippen LogP contribution is -2.36. The first kappa shape index (κ1) is 15.0. The number of nitrogens with zero attached hydrogens (tertiary/aromatic N) is 2. The van der Waals surface area contributed by atoms with Crippen LogP contribution >= 0.6 is 22.9 Å². The highest BCUT2D eigenvalue weighted by Gasteiger charge is 2.34. The first-order valence-electron chi connectivity index (χ1n) is 7.03. The van der Waals surface area contributed by atoms with Gasteiger partial charge >= 0.3 is 0 Å². The molecule has 0 bridgehead atoms. The highest BCUT2D eigenvalue weighted by Crippen LogP contribution is 2.36. The number of fused-ring (bicyclic) bond motifs is 1. The maximum atomic E-state index is 12.6. The van der Waals surface area contributed by atoms with Gasteiger partial charge in [-0.3, -0.25) is 9.59 Å². The van der Waals surface area contributed by atoms with E-state index in [1.807, 2.05) is 30.3 Å². The first-order chi connectivity index (χ1) is 10.6. The molecule has 0 N–H and O–H groups in total. The Kier molecular flexibility index (Phi) is 4.14. The zero-order chi connectivity index (χ0) is 15.7. The van der Waals surface area contributed by atoms with Crippen LogP contribution in [0.3, 0.4) is 0 Å². The molecule has 0 spiro atoms. The maximum Gasteiger partial charge on any atom is 0.247 e. The van der Waals surface area contributed by atoms with Crippen molar-refractivity contribution in [2.75, 3.05) is 13.1 Å². The summed E-state index contributed by atoms with van der Waals surface area (Å²) in [6, 6.07) is 9.25. The molecule has 2 heterocycles. The standard InChI is InChI=1S/C16H13ClN2O2S/c17-13-10-5-1-2-6-12(10)22-15(13)14(20)11(9-18)16(21)19-7-3-4-8-19/h1-2,5-6,11H,3-4,7-8H2/t11-/m0/s1. The third-order valence-corrected chi connectivity index (χ3v) is 5.50. The number of ketones is 1. The Bertz CT molecular complexity index is 787. The minimum atomic E-state index is -1.30. The molecule has 22 heavy (non-hydrogen) atoms. The average Bonchev–Trinajstić information content (AvgIpc) is 3.16. The SMILES string of the molecule is N#C[C@@H](C(=O)c1sc2ccccc2c1Cl)C(=O)N1CCCC1. The molecule has 4 nitrogen and oxygen atoms in total. The van der Waals surface area contributed by atoms with Gasteiger partial charge in [-0.15, -0.1) is 11.3 Å². The number of hydrogen-bond donors (Lipinski definition) is 0. The topological polar surface area (TPSA) is 61.2 Å².